The van der Waals surface area contributed by atoms with Crippen molar-refractivity contribution < 1.29 is 23.0 Å². The minimum atomic E-state index is -3.11. The Morgan fingerprint density at radius 2 is 2.00 bits per heavy atom. The van der Waals surface area contributed by atoms with Crippen molar-refractivity contribution in [1.29, 1.82) is 0 Å². The number of benzene rings is 1. The molecule has 4 N–H and O–H groups in total. The van der Waals surface area contributed by atoms with Gasteiger partial charge >= 0.3 is 6.61 Å². The molecule has 0 radical (unpaired) electrons. The fraction of sp³-hybridized carbons (Fsp3) is 0.538. The quantitative estimate of drug-likeness (QED) is 0.676. The van der Waals surface area contributed by atoms with Crippen molar-refractivity contribution in [2.24, 2.45) is 5.92 Å². The number of nitrogen functional groups attached to an aromatic ring is 1. The van der Waals surface area contributed by atoms with Gasteiger partial charge in [0.15, 0.2) is 11.6 Å². The molecular formula is C13H19F3N2O2. The van der Waals surface area contributed by atoms with Crippen molar-refractivity contribution >= 4 is 11.4 Å². The third-order valence-corrected chi connectivity index (χ3v) is 2.91. The first-order chi connectivity index (χ1) is 9.35. The molecule has 0 amide bonds. The van der Waals surface area contributed by atoms with Gasteiger partial charge in [0.05, 0.1) is 11.4 Å². The lowest BCUT2D eigenvalue weighted by molar-refractivity contribution is -0.0521. The van der Waals surface area contributed by atoms with Crippen LogP contribution in [0, 0.1) is 11.7 Å². The van der Waals surface area contributed by atoms with E-state index in [0.717, 1.165) is 12.1 Å². The lowest BCUT2D eigenvalue weighted by Gasteiger charge is -2.24. The van der Waals surface area contributed by atoms with E-state index in [0.29, 0.717) is 12.1 Å². The van der Waals surface area contributed by atoms with Gasteiger partial charge in [-0.1, -0.05) is 13.8 Å². The zero-order valence-electron chi connectivity index (χ0n) is 11.4. The van der Waals surface area contributed by atoms with Gasteiger partial charge in [-0.25, -0.2) is 4.39 Å². The SMILES string of the molecule is CC(C)C(CCO)Nc1cc(OC(F)F)c(F)cc1N. The molecule has 1 rings (SSSR count). The Hall–Kier alpha value is -1.63. The van der Waals surface area contributed by atoms with Crippen molar-refractivity contribution in [2.75, 3.05) is 17.7 Å². The smallest absolute Gasteiger partial charge is 0.387 e. The van der Waals surface area contributed by atoms with Crippen molar-refractivity contribution in [3.05, 3.63) is 17.9 Å². The lowest BCUT2D eigenvalue weighted by atomic mass is 10.0. The summed E-state index contributed by atoms with van der Waals surface area (Å²) in [4.78, 5) is 0. The van der Waals surface area contributed by atoms with Crippen LogP contribution in [0.15, 0.2) is 12.1 Å². The van der Waals surface area contributed by atoms with E-state index in [4.69, 9.17) is 10.8 Å². The predicted octanol–water partition coefficient (Wildman–Crippen LogP) is 2.83. The van der Waals surface area contributed by atoms with E-state index < -0.39 is 18.2 Å². The Balaban J connectivity index is 2.98. The second-order valence-corrected chi connectivity index (χ2v) is 4.76. The molecule has 0 spiro atoms. The number of ether oxygens (including phenoxy) is 1. The molecular weight excluding hydrogens is 273 g/mol. The first kappa shape index (κ1) is 16.4. The Morgan fingerprint density at radius 1 is 1.35 bits per heavy atom. The van der Waals surface area contributed by atoms with Crippen molar-refractivity contribution in [3.63, 3.8) is 0 Å². The summed E-state index contributed by atoms with van der Waals surface area (Å²) in [5, 5.41) is 12.0. The fourth-order valence-electron chi connectivity index (χ4n) is 1.79. The van der Waals surface area contributed by atoms with Gasteiger partial charge in [-0.3, -0.25) is 0 Å². The summed E-state index contributed by atoms with van der Waals surface area (Å²) >= 11 is 0. The van der Waals surface area contributed by atoms with E-state index >= 15 is 0 Å². The minimum Gasteiger partial charge on any atom is -0.432 e. The number of alkyl halides is 2. The zero-order valence-corrected chi connectivity index (χ0v) is 11.4. The first-order valence-electron chi connectivity index (χ1n) is 6.26. The lowest BCUT2D eigenvalue weighted by Crippen LogP contribution is -2.27. The summed E-state index contributed by atoms with van der Waals surface area (Å²) in [6, 6.07) is 1.91. The second kappa shape index (κ2) is 7.23. The normalized spacial score (nSPS) is 12.8. The fourth-order valence-corrected chi connectivity index (χ4v) is 1.79. The maximum atomic E-state index is 13.4. The van der Waals surface area contributed by atoms with Crippen LogP contribution < -0.4 is 15.8 Å². The molecule has 0 aliphatic heterocycles. The standard InChI is InChI=1S/C13H19F3N2O2/c1-7(2)10(3-4-19)18-11-6-12(20-13(15)16)8(14)5-9(11)17/h5-7,10,13,18-19H,3-4,17H2,1-2H3. The van der Waals surface area contributed by atoms with Crippen LogP contribution in [0.1, 0.15) is 20.3 Å². The molecule has 0 heterocycles. The van der Waals surface area contributed by atoms with Crippen molar-refractivity contribution in [1.82, 2.24) is 0 Å². The van der Waals surface area contributed by atoms with Gasteiger partial charge < -0.3 is 20.9 Å². The van der Waals surface area contributed by atoms with Crippen LogP contribution in [0.5, 0.6) is 5.75 Å². The van der Waals surface area contributed by atoms with E-state index in [-0.39, 0.29) is 24.3 Å². The summed E-state index contributed by atoms with van der Waals surface area (Å²) in [7, 11) is 0. The van der Waals surface area contributed by atoms with Gasteiger partial charge in [-0.05, 0) is 12.3 Å². The number of anilines is 2. The van der Waals surface area contributed by atoms with Crippen LogP contribution in [0.4, 0.5) is 24.5 Å². The molecule has 1 aromatic rings. The highest BCUT2D eigenvalue weighted by Gasteiger charge is 2.17. The van der Waals surface area contributed by atoms with Crippen LogP contribution in [-0.4, -0.2) is 24.4 Å². The second-order valence-electron chi connectivity index (χ2n) is 4.76. The summed E-state index contributed by atoms with van der Waals surface area (Å²) < 4.78 is 41.9. The summed E-state index contributed by atoms with van der Waals surface area (Å²) in [5.74, 6) is -1.34. The van der Waals surface area contributed by atoms with E-state index in [1.807, 2.05) is 13.8 Å². The highest BCUT2D eigenvalue weighted by atomic mass is 19.3. The number of aliphatic hydroxyl groups is 1. The number of hydrogen-bond donors (Lipinski definition) is 3. The van der Waals surface area contributed by atoms with E-state index in [9.17, 15) is 13.2 Å². The monoisotopic (exact) mass is 292 g/mol. The highest BCUT2D eigenvalue weighted by molar-refractivity contribution is 5.69. The molecule has 0 aliphatic carbocycles. The van der Waals surface area contributed by atoms with Gasteiger partial charge in [-0.2, -0.15) is 8.78 Å². The summed E-state index contributed by atoms with van der Waals surface area (Å²) in [5.41, 5.74) is 6.05. The highest BCUT2D eigenvalue weighted by Crippen LogP contribution is 2.30. The van der Waals surface area contributed by atoms with Gasteiger partial charge in [0, 0.05) is 24.8 Å². The maximum absolute atomic E-state index is 13.4. The Bertz CT molecular complexity index is 442. The summed E-state index contributed by atoms with van der Waals surface area (Å²) in [6.45, 7) is 0.726. The zero-order chi connectivity index (χ0) is 15.3. The van der Waals surface area contributed by atoms with E-state index in [1.165, 1.54) is 0 Å². The van der Waals surface area contributed by atoms with E-state index in [2.05, 4.69) is 10.1 Å². The largest absolute Gasteiger partial charge is 0.432 e. The molecule has 1 unspecified atom stereocenters. The average Bonchev–Trinajstić information content (AvgIpc) is 2.33. The number of nitrogens with one attached hydrogen (secondary N) is 1. The average molecular weight is 292 g/mol. The van der Waals surface area contributed by atoms with E-state index in [1.54, 1.807) is 0 Å². The minimum absolute atomic E-state index is 0.0304. The Morgan fingerprint density at radius 3 is 2.50 bits per heavy atom. The van der Waals surface area contributed by atoms with Crippen molar-refractivity contribution in [2.45, 2.75) is 32.9 Å². The number of rotatable bonds is 7. The molecule has 0 bridgehead atoms. The van der Waals surface area contributed by atoms with Crippen LogP contribution in [-0.2, 0) is 0 Å². The van der Waals surface area contributed by atoms with Crippen LogP contribution in [0.25, 0.3) is 0 Å². The van der Waals surface area contributed by atoms with Crippen molar-refractivity contribution in [3.8, 4) is 5.75 Å². The van der Waals surface area contributed by atoms with Gasteiger partial charge in [0.1, 0.15) is 0 Å². The number of hydrogen-bond acceptors (Lipinski definition) is 4. The summed E-state index contributed by atoms with van der Waals surface area (Å²) in [6.07, 6.45) is 0.458. The topological polar surface area (TPSA) is 67.5 Å². The van der Waals surface area contributed by atoms with Gasteiger partial charge in [0.25, 0.3) is 0 Å². The maximum Gasteiger partial charge on any atom is 0.387 e. The first-order valence-corrected chi connectivity index (χ1v) is 6.26. The number of halogens is 3. The number of nitrogens with two attached hydrogens (primary N) is 1. The van der Waals surface area contributed by atoms with Crippen LogP contribution in [0.3, 0.4) is 0 Å². The molecule has 7 heteroatoms. The molecule has 0 saturated carbocycles. The molecule has 114 valence electrons. The Labute approximate surface area is 115 Å². The molecule has 20 heavy (non-hydrogen) atoms. The van der Waals surface area contributed by atoms with Crippen LogP contribution >= 0.6 is 0 Å². The van der Waals surface area contributed by atoms with Gasteiger partial charge in [0.2, 0.25) is 0 Å². The molecule has 1 aromatic carbocycles. The molecule has 4 nitrogen and oxygen atoms in total. The van der Waals surface area contributed by atoms with Gasteiger partial charge in [-0.15, -0.1) is 0 Å². The molecule has 0 aromatic heterocycles. The molecule has 0 fully saturated rings. The predicted molar refractivity (Wildman–Crippen MR) is 71.4 cm³/mol. The third kappa shape index (κ3) is 4.48. The Kier molecular flexibility index (Phi) is 5.94. The molecule has 0 aliphatic rings. The third-order valence-electron chi connectivity index (χ3n) is 2.91. The number of aliphatic hydroxyl groups excluding tert-OH is 1. The van der Waals surface area contributed by atoms with Crippen LogP contribution in [0.2, 0.25) is 0 Å². The molecule has 1 atom stereocenters. The molecule has 0 saturated heterocycles.